The van der Waals surface area contributed by atoms with Crippen LogP contribution in [0, 0.1) is 10.5 Å². The zero-order valence-electron chi connectivity index (χ0n) is 8.31. The lowest BCUT2D eigenvalue weighted by Crippen LogP contribution is -1.91. The summed E-state index contributed by atoms with van der Waals surface area (Å²) in [6.45, 7) is 0. The second-order valence-corrected chi connectivity index (χ2v) is 4.62. The third-order valence-corrected chi connectivity index (χ3v) is 3.14. The highest BCUT2D eigenvalue weighted by Crippen LogP contribution is 2.21. The van der Waals surface area contributed by atoms with Gasteiger partial charge in [-0.05, 0) is 24.3 Å². The van der Waals surface area contributed by atoms with Crippen LogP contribution in [0.5, 0.6) is 0 Å². The first kappa shape index (κ1) is 11.3. The average molecular weight is 252 g/mol. The summed E-state index contributed by atoms with van der Waals surface area (Å²) in [6.07, 6.45) is 1.67. The van der Waals surface area contributed by atoms with Gasteiger partial charge in [0.25, 0.3) is 0 Å². The van der Waals surface area contributed by atoms with Crippen LogP contribution in [0.3, 0.4) is 0 Å². The first-order valence-electron chi connectivity index (χ1n) is 4.66. The molecule has 2 aromatic rings. The molecule has 16 heavy (non-hydrogen) atoms. The number of aromatic nitrogens is 2. The van der Waals surface area contributed by atoms with Crippen molar-refractivity contribution in [1.29, 1.82) is 0 Å². The lowest BCUT2D eigenvalue weighted by atomic mass is 10.4. The van der Waals surface area contributed by atoms with Gasteiger partial charge in [-0.3, -0.25) is 0 Å². The highest BCUT2D eigenvalue weighted by atomic mass is 32.2. The summed E-state index contributed by atoms with van der Waals surface area (Å²) >= 11 is 6.50. The molecule has 82 valence electrons. The molecule has 0 fully saturated rings. The van der Waals surface area contributed by atoms with Crippen LogP contribution >= 0.6 is 24.0 Å². The van der Waals surface area contributed by atoms with Gasteiger partial charge in [-0.2, -0.15) is 0 Å². The van der Waals surface area contributed by atoms with E-state index < -0.39 is 0 Å². The summed E-state index contributed by atoms with van der Waals surface area (Å²) in [7, 11) is 0. The Kier molecular flexibility index (Phi) is 3.69. The maximum atomic E-state index is 12.9. The Balaban J connectivity index is 2.05. The van der Waals surface area contributed by atoms with E-state index in [2.05, 4.69) is 9.97 Å². The molecule has 2 nitrogen and oxygen atoms in total. The van der Waals surface area contributed by atoms with Crippen LogP contribution in [0.25, 0.3) is 0 Å². The van der Waals surface area contributed by atoms with Crippen LogP contribution in [0.15, 0.2) is 41.4 Å². The molecular weight excluding hydrogens is 243 g/mol. The minimum Gasteiger partial charge on any atom is -0.334 e. The third-order valence-electron chi connectivity index (χ3n) is 1.90. The van der Waals surface area contributed by atoms with Crippen molar-refractivity contribution in [3.05, 3.63) is 52.8 Å². The van der Waals surface area contributed by atoms with Crippen LogP contribution in [-0.2, 0) is 5.75 Å². The Morgan fingerprint density at radius 1 is 1.38 bits per heavy atom. The van der Waals surface area contributed by atoms with Crippen LogP contribution in [-0.4, -0.2) is 9.97 Å². The van der Waals surface area contributed by atoms with E-state index in [1.807, 2.05) is 6.07 Å². The second kappa shape index (κ2) is 5.23. The first-order chi connectivity index (χ1) is 7.74. The van der Waals surface area contributed by atoms with Crippen molar-refractivity contribution in [1.82, 2.24) is 9.97 Å². The minimum atomic E-state index is -0.223. The number of aromatic amines is 1. The Morgan fingerprint density at radius 3 is 3.00 bits per heavy atom. The standard InChI is InChI=1S/C11H9FN2S2/c12-8-2-1-3-9(6-8)16-7-10-13-5-4-11(15)14-10/h1-6H,7H2,(H,13,14,15). The number of halogens is 1. The van der Waals surface area contributed by atoms with E-state index in [0.717, 1.165) is 10.7 Å². The number of hydrogen-bond donors (Lipinski definition) is 1. The molecule has 0 amide bonds. The molecule has 0 unspecified atom stereocenters. The lowest BCUT2D eigenvalue weighted by Gasteiger charge is -2.01. The van der Waals surface area contributed by atoms with E-state index in [1.165, 1.54) is 23.9 Å². The number of rotatable bonds is 3. The Morgan fingerprint density at radius 2 is 2.25 bits per heavy atom. The fraction of sp³-hybridized carbons (Fsp3) is 0.0909. The quantitative estimate of drug-likeness (QED) is 0.668. The predicted molar refractivity (Wildman–Crippen MR) is 65.4 cm³/mol. The summed E-state index contributed by atoms with van der Waals surface area (Å²) in [5.41, 5.74) is 0. The highest BCUT2D eigenvalue weighted by Gasteiger charge is 1.98. The van der Waals surface area contributed by atoms with Gasteiger partial charge in [-0.15, -0.1) is 11.8 Å². The molecule has 0 atom stereocenters. The van der Waals surface area contributed by atoms with Crippen molar-refractivity contribution >= 4 is 24.0 Å². The third kappa shape index (κ3) is 3.15. The molecule has 2 rings (SSSR count). The molecule has 5 heteroatoms. The first-order valence-corrected chi connectivity index (χ1v) is 6.06. The molecule has 0 aliphatic heterocycles. The van der Waals surface area contributed by atoms with Crippen molar-refractivity contribution in [3.8, 4) is 0 Å². The summed E-state index contributed by atoms with van der Waals surface area (Å²) in [4.78, 5) is 8.00. The lowest BCUT2D eigenvalue weighted by molar-refractivity contribution is 0.624. The molecule has 1 N–H and O–H groups in total. The molecule has 1 aromatic carbocycles. The number of benzene rings is 1. The van der Waals surface area contributed by atoms with Crippen LogP contribution < -0.4 is 0 Å². The fourth-order valence-corrected chi connectivity index (χ4v) is 2.19. The van der Waals surface area contributed by atoms with Crippen molar-refractivity contribution in [3.63, 3.8) is 0 Å². The average Bonchev–Trinajstić information content (AvgIpc) is 2.27. The Labute approximate surface area is 102 Å². The van der Waals surface area contributed by atoms with Gasteiger partial charge in [0.15, 0.2) is 0 Å². The van der Waals surface area contributed by atoms with Crippen LogP contribution in [0.4, 0.5) is 4.39 Å². The molecule has 0 saturated carbocycles. The van der Waals surface area contributed by atoms with E-state index in [1.54, 1.807) is 18.3 Å². The van der Waals surface area contributed by atoms with E-state index in [9.17, 15) is 4.39 Å². The normalized spacial score (nSPS) is 10.3. The monoisotopic (exact) mass is 252 g/mol. The van der Waals surface area contributed by atoms with E-state index in [0.29, 0.717) is 10.4 Å². The van der Waals surface area contributed by atoms with Crippen molar-refractivity contribution in [2.24, 2.45) is 0 Å². The van der Waals surface area contributed by atoms with Gasteiger partial charge in [0.2, 0.25) is 0 Å². The van der Waals surface area contributed by atoms with Gasteiger partial charge in [0.1, 0.15) is 16.3 Å². The molecule has 0 radical (unpaired) electrons. The minimum absolute atomic E-state index is 0.223. The molecule has 1 heterocycles. The maximum absolute atomic E-state index is 12.9. The van der Waals surface area contributed by atoms with Gasteiger partial charge in [0.05, 0.1) is 5.75 Å². The molecule has 0 aliphatic rings. The number of nitrogens with one attached hydrogen (secondary N) is 1. The van der Waals surface area contributed by atoms with Gasteiger partial charge in [0, 0.05) is 11.1 Å². The maximum Gasteiger partial charge on any atom is 0.124 e. The molecule has 0 aliphatic carbocycles. The molecule has 0 bridgehead atoms. The van der Waals surface area contributed by atoms with E-state index in [-0.39, 0.29) is 5.82 Å². The van der Waals surface area contributed by atoms with E-state index >= 15 is 0 Å². The van der Waals surface area contributed by atoms with Crippen LogP contribution in [0.2, 0.25) is 0 Å². The second-order valence-electron chi connectivity index (χ2n) is 3.13. The number of H-pyrrole nitrogens is 1. The van der Waals surface area contributed by atoms with Crippen molar-refractivity contribution in [2.45, 2.75) is 10.6 Å². The van der Waals surface area contributed by atoms with Crippen molar-refractivity contribution < 1.29 is 4.39 Å². The Bertz CT molecular complexity index is 539. The zero-order valence-corrected chi connectivity index (χ0v) is 9.95. The number of nitrogens with zero attached hydrogens (tertiary/aromatic N) is 1. The summed E-state index contributed by atoms with van der Waals surface area (Å²) in [6, 6.07) is 8.22. The number of hydrogen-bond acceptors (Lipinski definition) is 3. The SMILES string of the molecule is Fc1cccc(SCc2nccc(=S)[nH]2)c1. The van der Waals surface area contributed by atoms with Gasteiger partial charge in [-0.1, -0.05) is 18.3 Å². The fourth-order valence-electron chi connectivity index (χ4n) is 1.19. The Hall–Kier alpha value is -1.20. The summed E-state index contributed by atoms with van der Waals surface area (Å²) in [5.74, 6) is 1.22. The van der Waals surface area contributed by atoms with Gasteiger partial charge < -0.3 is 4.98 Å². The summed E-state index contributed by atoms with van der Waals surface area (Å²) in [5, 5.41) is 0. The molecule has 0 spiro atoms. The zero-order chi connectivity index (χ0) is 11.4. The van der Waals surface area contributed by atoms with Gasteiger partial charge >= 0.3 is 0 Å². The topological polar surface area (TPSA) is 28.7 Å². The van der Waals surface area contributed by atoms with E-state index in [4.69, 9.17) is 12.2 Å². The molecule has 1 aromatic heterocycles. The highest BCUT2D eigenvalue weighted by molar-refractivity contribution is 7.98. The van der Waals surface area contributed by atoms with Crippen LogP contribution in [0.1, 0.15) is 5.82 Å². The molecule has 0 saturated heterocycles. The predicted octanol–water partition coefficient (Wildman–Crippen LogP) is 3.57. The summed E-state index contributed by atoms with van der Waals surface area (Å²) < 4.78 is 13.6. The largest absolute Gasteiger partial charge is 0.334 e. The molecular formula is C11H9FN2S2. The van der Waals surface area contributed by atoms with Gasteiger partial charge in [-0.25, -0.2) is 9.37 Å². The van der Waals surface area contributed by atoms with Crippen molar-refractivity contribution in [2.75, 3.05) is 0 Å². The number of thioether (sulfide) groups is 1. The smallest absolute Gasteiger partial charge is 0.124 e.